The normalized spacial score (nSPS) is 9.50. The second kappa shape index (κ2) is 7.87. The van der Waals surface area contributed by atoms with Crippen LogP contribution in [0.25, 0.3) is 0 Å². The lowest BCUT2D eigenvalue weighted by molar-refractivity contribution is -0.114. The lowest BCUT2D eigenvalue weighted by atomic mass is 10.1. The molecule has 1 rings (SSSR count). The average molecular weight is 287 g/mol. The van der Waals surface area contributed by atoms with Crippen molar-refractivity contribution in [2.45, 2.75) is 13.8 Å². The van der Waals surface area contributed by atoms with Gasteiger partial charge in [-0.2, -0.15) is 0 Å². The molecule has 0 atom stereocenters. The molecule has 5 heteroatoms. The van der Waals surface area contributed by atoms with Gasteiger partial charge >= 0.3 is 0 Å². The van der Waals surface area contributed by atoms with Gasteiger partial charge in [0, 0.05) is 11.5 Å². The SMILES string of the molecule is CNC(=O)/C=N/O.Cc1cccc(Br)c1C. The molecule has 4 nitrogen and oxygen atoms in total. The number of carbonyl (C=O) groups excluding carboxylic acids is 1. The Bertz CT molecular complexity index is 358. The lowest BCUT2D eigenvalue weighted by Gasteiger charge is -1.99. The van der Waals surface area contributed by atoms with Crippen LogP contribution in [-0.4, -0.2) is 24.4 Å². The van der Waals surface area contributed by atoms with Crippen molar-refractivity contribution >= 4 is 28.1 Å². The quantitative estimate of drug-likeness (QED) is 0.473. The van der Waals surface area contributed by atoms with E-state index in [9.17, 15) is 4.79 Å². The van der Waals surface area contributed by atoms with Crippen molar-refractivity contribution in [3.05, 3.63) is 33.8 Å². The predicted octanol–water partition coefficient (Wildman–Crippen LogP) is 2.26. The van der Waals surface area contributed by atoms with Gasteiger partial charge in [0.05, 0.1) is 0 Å². The molecule has 0 fully saturated rings. The summed E-state index contributed by atoms with van der Waals surface area (Å²) in [5, 5.41) is 12.4. The first-order valence-electron chi connectivity index (χ1n) is 4.63. The summed E-state index contributed by atoms with van der Waals surface area (Å²) in [6.07, 6.45) is 0.778. The molecular weight excluding hydrogens is 272 g/mol. The highest BCUT2D eigenvalue weighted by Crippen LogP contribution is 2.17. The molecule has 2 N–H and O–H groups in total. The molecule has 0 unspecified atom stereocenters. The minimum Gasteiger partial charge on any atom is -0.411 e. The first-order valence-corrected chi connectivity index (χ1v) is 5.43. The van der Waals surface area contributed by atoms with Crippen molar-refractivity contribution in [2.24, 2.45) is 5.16 Å². The fourth-order valence-electron chi connectivity index (χ4n) is 0.832. The van der Waals surface area contributed by atoms with Gasteiger partial charge in [-0.1, -0.05) is 33.2 Å². The summed E-state index contributed by atoms with van der Waals surface area (Å²) < 4.78 is 1.20. The van der Waals surface area contributed by atoms with Crippen molar-refractivity contribution in [3.63, 3.8) is 0 Å². The molecule has 0 aliphatic heterocycles. The third kappa shape index (κ3) is 5.50. The van der Waals surface area contributed by atoms with Gasteiger partial charge in [-0.25, -0.2) is 0 Å². The molecule has 0 saturated heterocycles. The standard InChI is InChI=1S/C8H9Br.C3H6N2O2/c1-6-4-3-5-8(9)7(6)2;1-4-3(6)2-5-7/h3-5H,1-2H3;2,7H,1H3,(H,4,6)/b;5-2+. The Morgan fingerprint density at radius 2 is 2.12 bits per heavy atom. The van der Waals surface area contributed by atoms with E-state index < -0.39 is 5.91 Å². The van der Waals surface area contributed by atoms with Crippen LogP contribution in [0.3, 0.4) is 0 Å². The Labute approximate surface area is 103 Å². The third-order valence-corrected chi connectivity index (χ3v) is 2.82. The molecule has 0 bridgehead atoms. The van der Waals surface area contributed by atoms with E-state index in [4.69, 9.17) is 5.21 Å². The van der Waals surface area contributed by atoms with Gasteiger partial charge in [-0.05, 0) is 31.0 Å². The largest absolute Gasteiger partial charge is 0.411 e. The first-order chi connectivity index (χ1) is 7.52. The molecular formula is C11H15BrN2O2. The number of halogens is 1. The number of amides is 1. The molecule has 0 saturated carbocycles. The lowest BCUT2D eigenvalue weighted by Crippen LogP contribution is -2.18. The van der Waals surface area contributed by atoms with Crippen LogP contribution in [0.5, 0.6) is 0 Å². The van der Waals surface area contributed by atoms with E-state index in [-0.39, 0.29) is 0 Å². The molecule has 0 heterocycles. The van der Waals surface area contributed by atoms with Crippen LogP contribution in [-0.2, 0) is 4.79 Å². The number of benzene rings is 1. The van der Waals surface area contributed by atoms with Crippen molar-refractivity contribution in [1.29, 1.82) is 0 Å². The van der Waals surface area contributed by atoms with E-state index in [2.05, 4.69) is 52.4 Å². The molecule has 0 spiro atoms. The van der Waals surface area contributed by atoms with E-state index in [1.165, 1.54) is 22.6 Å². The summed E-state index contributed by atoms with van der Waals surface area (Å²) in [4.78, 5) is 9.99. The second-order valence-corrected chi connectivity index (χ2v) is 3.89. The first kappa shape index (κ1) is 14.6. The summed E-state index contributed by atoms with van der Waals surface area (Å²) >= 11 is 3.45. The van der Waals surface area contributed by atoms with Crippen LogP contribution in [0.15, 0.2) is 27.8 Å². The molecule has 1 aromatic rings. The Morgan fingerprint density at radius 3 is 2.44 bits per heavy atom. The molecule has 0 aromatic heterocycles. The highest BCUT2D eigenvalue weighted by molar-refractivity contribution is 9.10. The van der Waals surface area contributed by atoms with E-state index in [0.29, 0.717) is 0 Å². The van der Waals surface area contributed by atoms with E-state index in [0.717, 1.165) is 6.21 Å². The number of nitrogens with one attached hydrogen (secondary N) is 1. The number of oxime groups is 1. The summed E-state index contributed by atoms with van der Waals surface area (Å²) in [7, 11) is 1.45. The van der Waals surface area contributed by atoms with Gasteiger partial charge < -0.3 is 10.5 Å². The number of rotatable bonds is 1. The topological polar surface area (TPSA) is 61.7 Å². The highest BCUT2D eigenvalue weighted by atomic mass is 79.9. The van der Waals surface area contributed by atoms with E-state index in [1.54, 1.807) is 0 Å². The maximum atomic E-state index is 9.99. The fourth-order valence-corrected chi connectivity index (χ4v) is 1.30. The third-order valence-electron chi connectivity index (χ3n) is 1.96. The zero-order chi connectivity index (χ0) is 12.6. The van der Waals surface area contributed by atoms with Crippen LogP contribution in [0.4, 0.5) is 0 Å². The number of carbonyl (C=O) groups is 1. The number of hydrogen-bond acceptors (Lipinski definition) is 3. The smallest absolute Gasteiger partial charge is 0.265 e. The highest BCUT2D eigenvalue weighted by Gasteiger charge is 1.93. The molecule has 88 valence electrons. The zero-order valence-electron chi connectivity index (χ0n) is 9.49. The van der Waals surface area contributed by atoms with Crippen molar-refractivity contribution in [3.8, 4) is 0 Å². The number of hydrogen-bond donors (Lipinski definition) is 2. The van der Waals surface area contributed by atoms with E-state index in [1.807, 2.05) is 6.07 Å². The number of aryl methyl sites for hydroxylation is 1. The monoisotopic (exact) mass is 286 g/mol. The minimum absolute atomic E-state index is 0.414. The average Bonchev–Trinajstić information content (AvgIpc) is 2.27. The van der Waals surface area contributed by atoms with Gasteiger partial charge in [-0.15, -0.1) is 0 Å². The van der Waals surface area contributed by atoms with Crippen molar-refractivity contribution in [2.75, 3.05) is 7.05 Å². The van der Waals surface area contributed by atoms with Gasteiger partial charge in [0.15, 0.2) is 0 Å². The van der Waals surface area contributed by atoms with Gasteiger partial charge in [0.1, 0.15) is 6.21 Å². The fraction of sp³-hybridized carbons (Fsp3) is 0.273. The van der Waals surface area contributed by atoms with Gasteiger partial charge in [0.2, 0.25) is 0 Å². The van der Waals surface area contributed by atoms with E-state index >= 15 is 0 Å². The minimum atomic E-state index is -0.414. The Balaban J connectivity index is 0.000000293. The molecule has 0 radical (unpaired) electrons. The Morgan fingerprint density at radius 1 is 1.50 bits per heavy atom. The number of nitrogens with zero attached hydrogens (tertiary/aromatic N) is 1. The van der Waals surface area contributed by atoms with Crippen molar-refractivity contribution < 1.29 is 10.0 Å². The van der Waals surface area contributed by atoms with Crippen LogP contribution >= 0.6 is 15.9 Å². The summed E-state index contributed by atoms with van der Waals surface area (Å²) in [6, 6.07) is 6.22. The van der Waals surface area contributed by atoms with Crippen LogP contribution in [0.1, 0.15) is 11.1 Å². The molecule has 1 amide bonds. The van der Waals surface area contributed by atoms with Gasteiger partial charge in [0.25, 0.3) is 5.91 Å². The summed E-state index contributed by atoms with van der Waals surface area (Å²) in [5.41, 5.74) is 2.67. The summed E-state index contributed by atoms with van der Waals surface area (Å²) in [5.74, 6) is -0.414. The van der Waals surface area contributed by atoms with Crippen LogP contribution in [0.2, 0.25) is 0 Å². The zero-order valence-corrected chi connectivity index (χ0v) is 11.1. The molecule has 0 aliphatic rings. The molecule has 1 aromatic carbocycles. The van der Waals surface area contributed by atoms with Crippen LogP contribution < -0.4 is 5.32 Å². The Hall–Kier alpha value is -1.36. The maximum absolute atomic E-state index is 9.99. The maximum Gasteiger partial charge on any atom is 0.265 e. The molecule has 0 aliphatic carbocycles. The van der Waals surface area contributed by atoms with Gasteiger partial charge in [-0.3, -0.25) is 4.79 Å². The summed E-state index contributed by atoms with van der Waals surface area (Å²) in [6.45, 7) is 4.22. The van der Waals surface area contributed by atoms with Crippen molar-refractivity contribution in [1.82, 2.24) is 5.32 Å². The Kier molecular flexibility index (Phi) is 7.20. The predicted molar refractivity (Wildman–Crippen MR) is 68.0 cm³/mol. The molecule has 16 heavy (non-hydrogen) atoms. The second-order valence-electron chi connectivity index (χ2n) is 3.04. The van der Waals surface area contributed by atoms with Crippen LogP contribution in [0, 0.1) is 13.8 Å².